The number of amidine groups is 1. The molecule has 19 heavy (non-hydrogen) atoms. The zero-order valence-corrected chi connectivity index (χ0v) is 13.3. The molecule has 0 fully saturated rings. The second kappa shape index (κ2) is 5.81. The van der Waals surface area contributed by atoms with Gasteiger partial charge in [0.1, 0.15) is 5.84 Å². The summed E-state index contributed by atoms with van der Waals surface area (Å²) in [5.74, 6) is 0.631. The molecule has 1 N–H and O–H groups in total. The van der Waals surface area contributed by atoms with E-state index in [1.807, 2.05) is 6.92 Å². The van der Waals surface area contributed by atoms with Crippen LogP contribution in [0.3, 0.4) is 0 Å². The first kappa shape index (κ1) is 14.8. The van der Waals surface area contributed by atoms with Crippen LogP contribution < -0.4 is 5.32 Å². The number of nitrogens with one attached hydrogen (secondary N) is 1. The zero-order chi connectivity index (χ0) is 14.0. The van der Waals surface area contributed by atoms with Crippen LogP contribution in [-0.2, 0) is 10.0 Å². The predicted octanol–water partition coefficient (Wildman–Crippen LogP) is 4.13. The molecular formula is C12H17ClN2O2S2. The van der Waals surface area contributed by atoms with Crippen LogP contribution in [0.2, 0.25) is 4.34 Å². The third-order valence-corrected chi connectivity index (χ3v) is 6.16. The Balaban J connectivity index is 2.19. The molecule has 1 aliphatic rings. The van der Waals surface area contributed by atoms with Gasteiger partial charge < -0.3 is 5.32 Å². The Morgan fingerprint density at radius 2 is 2.21 bits per heavy atom. The number of hydrogen-bond acceptors (Lipinski definition) is 4. The Bertz CT molecular complexity index is 593. The van der Waals surface area contributed by atoms with Crippen molar-refractivity contribution in [3.8, 4) is 0 Å². The number of unbranched alkanes of at least 4 members (excludes halogenated alkanes) is 2. The second-order valence-corrected chi connectivity index (χ2v) is 8.21. The fourth-order valence-corrected chi connectivity index (χ4v) is 4.82. The van der Waals surface area contributed by atoms with Gasteiger partial charge in [-0.2, -0.15) is 8.42 Å². The number of sulfonamides is 1. The molecule has 2 heterocycles. The Kier molecular flexibility index (Phi) is 4.53. The second-order valence-electron chi connectivity index (χ2n) is 4.73. The molecule has 1 aromatic rings. The van der Waals surface area contributed by atoms with E-state index in [-0.39, 0.29) is 10.1 Å². The molecule has 1 aliphatic heterocycles. The number of anilines is 1. The van der Waals surface area contributed by atoms with Crippen LogP contribution in [0, 0.1) is 5.92 Å². The highest BCUT2D eigenvalue weighted by molar-refractivity contribution is 7.92. The summed E-state index contributed by atoms with van der Waals surface area (Å²) in [6.07, 6.45) is 4.31. The van der Waals surface area contributed by atoms with Crippen molar-refractivity contribution in [1.29, 1.82) is 0 Å². The maximum absolute atomic E-state index is 12.1. The smallest absolute Gasteiger partial charge is 0.295 e. The fourth-order valence-electron chi connectivity index (χ4n) is 2.01. The van der Waals surface area contributed by atoms with Crippen LogP contribution in [0.4, 0.5) is 5.69 Å². The van der Waals surface area contributed by atoms with Gasteiger partial charge in [-0.15, -0.1) is 15.7 Å². The van der Waals surface area contributed by atoms with E-state index < -0.39 is 10.0 Å². The summed E-state index contributed by atoms with van der Waals surface area (Å²) < 4.78 is 28.7. The number of rotatable bonds is 5. The van der Waals surface area contributed by atoms with Crippen molar-refractivity contribution in [1.82, 2.24) is 0 Å². The monoisotopic (exact) mass is 320 g/mol. The number of halogens is 1. The minimum atomic E-state index is -3.59. The van der Waals surface area contributed by atoms with Crippen molar-refractivity contribution >= 4 is 44.5 Å². The van der Waals surface area contributed by atoms with Gasteiger partial charge in [0.15, 0.2) is 4.21 Å². The molecule has 0 amide bonds. The van der Waals surface area contributed by atoms with E-state index in [0.717, 1.165) is 37.0 Å². The molecule has 1 atom stereocenters. The van der Waals surface area contributed by atoms with Gasteiger partial charge in [0, 0.05) is 5.92 Å². The van der Waals surface area contributed by atoms with Crippen molar-refractivity contribution in [3.05, 3.63) is 10.4 Å². The van der Waals surface area contributed by atoms with Crippen LogP contribution in [0.15, 0.2) is 14.7 Å². The summed E-state index contributed by atoms with van der Waals surface area (Å²) in [4.78, 5) is 0. The van der Waals surface area contributed by atoms with E-state index in [1.54, 1.807) is 6.07 Å². The average Bonchev–Trinajstić information content (AvgIpc) is 2.70. The lowest BCUT2D eigenvalue weighted by molar-refractivity contribution is 0.588. The molecule has 0 aliphatic carbocycles. The van der Waals surface area contributed by atoms with E-state index in [4.69, 9.17) is 11.6 Å². The summed E-state index contributed by atoms with van der Waals surface area (Å²) in [5.41, 5.74) is 0.558. The highest BCUT2D eigenvalue weighted by Gasteiger charge is 2.29. The molecule has 106 valence electrons. The van der Waals surface area contributed by atoms with E-state index >= 15 is 0 Å². The molecule has 0 bridgehead atoms. The number of hydrogen-bond donors (Lipinski definition) is 1. The Morgan fingerprint density at radius 1 is 1.47 bits per heavy atom. The van der Waals surface area contributed by atoms with Crippen LogP contribution >= 0.6 is 22.9 Å². The lowest BCUT2D eigenvalue weighted by atomic mass is 10.0. The molecule has 0 saturated heterocycles. The third-order valence-electron chi connectivity index (χ3n) is 3.09. The first-order chi connectivity index (χ1) is 8.94. The Morgan fingerprint density at radius 3 is 2.89 bits per heavy atom. The highest BCUT2D eigenvalue weighted by atomic mass is 35.5. The number of thiophene rings is 1. The number of nitrogens with zero attached hydrogens (tertiary/aromatic N) is 1. The summed E-state index contributed by atoms with van der Waals surface area (Å²) in [5, 5.41) is 3.10. The van der Waals surface area contributed by atoms with Crippen LogP contribution in [0.1, 0.15) is 39.5 Å². The van der Waals surface area contributed by atoms with Gasteiger partial charge in [-0.1, -0.05) is 44.7 Å². The lowest BCUT2D eigenvalue weighted by Crippen LogP contribution is -2.26. The number of fused-ring (bicyclic) bond motifs is 1. The third kappa shape index (κ3) is 3.30. The molecular weight excluding hydrogens is 304 g/mol. The van der Waals surface area contributed by atoms with E-state index in [2.05, 4.69) is 16.6 Å². The molecule has 2 rings (SSSR count). The predicted molar refractivity (Wildman–Crippen MR) is 80.9 cm³/mol. The van der Waals surface area contributed by atoms with Crippen molar-refractivity contribution in [2.45, 2.75) is 43.7 Å². The molecule has 4 nitrogen and oxygen atoms in total. The molecule has 7 heteroatoms. The Hall–Kier alpha value is -0.590. The first-order valence-electron chi connectivity index (χ1n) is 6.35. The van der Waals surface area contributed by atoms with Gasteiger partial charge in [0.05, 0.1) is 10.0 Å². The van der Waals surface area contributed by atoms with Crippen LogP contribution in [0.5, 0.6) is 0 Å². The minimum absolute atomic E-state index is 0.105. The maximum atomic E-state index is 12.1. The summed E-state index contributed by atoms with van der Waals surface area (Å²) in [7, 11) is -3.59. The van der Waals surface area contributed by atoms with Crippen LogP contribution in [-0.4, -0.2) is 14.3 Å². The minimum Gasteiger partial charge on any atom is -0.341 e. The fraction of sp³-hybridized carbons (Fsp3) is 0.583. The van der Waals surface area contributed by atoms with Gasteiger partial charge in [-0.3, -0.25) is 0 Å². The lowest BCUT2D eigenvalue weighted by Gasteiger charge is -2.19. The topological polar surface area (TPSA) is 58.5 Å². The van der Waals surface area contributed by atoms with Gasteiger partial charge in [0.2, 0.25) is 0 Å². The van der Waals surface area contributed by atoms with E-state index in [9.17, 15) is 8.42 Å². The van der Waals surface area contributed by atoms with E-state index in [1.165, 1.54) is 0 Å². The molecule has 0 aromatic carbocycles. The maximum Gasteiger partial charge on any atom is 0.295 e. The SMILES string of the molecule is CCCCCC(C)C1=NS(=O)(=O)c2sc(Cl)cc2N1. The quantitative estimate of drug-likeness (QED) is 0.830. The molecule has 0 saturated carbocycles. The van der Waals surface area contributed by atoms with Crippen molar-refractivity contribution in [2.75, 3.05) is 5.32 Å². The molecule has 1 aromatic heterocycles. The molecule has 0 radical (unpaired) electrons. The normalized spacial score (nSPS) is 18.4. The Labute approximate surface area is 122 Å². The van der Waals surface area contributed by atoms with Gasteiger partial charge >= 0.3 is 0 Å². The van der Waals surface area contributed by atoms with Crippen molar-refractivity contribution < 1.29 is 8.42 Å². The molecule has 0 spiro atoms. The van der Waals surface area contributed by atoms with Crippen LogP contribution in [0.25, 0.3) is 0 Å². The van der Waals surface area contributed by atoms with Crippen molar-refractivity contribution in [3.63, 3.8) is 0 Å². The summed E-state index contributed by atoms with van der Waals surface area (Å²) >= 11 is 6.91. The van der Waals surface area contributed by atoms with Gasteiger partial charge in [-0.25, -0.2) is 0 Å². The van der Waals surface area contributed by atoms with Gasteiger partial charge in [0.25, 0.3) is 10.0 Å². The first-order valence-corrected chi connectivity index (χ1v) is 8.98. The van der Waals surface area contributed by atoms with Gasteiger partial charge in [-0.05, 0) is 12.5 Å². The van der Waals surface area contributed by atoms with Crippen molar-refractivity contribution in [2.24, 2.45) is 10.3 Å². The average molecular weight is 321 g/mol. The zero-order valence-electron chi connectivity index (χ0n) is 10.9. The van der Waals surface area contributed by atoms with E-state index in [0.29, 0.717) is 15.9 Å². The standard InChI is InChI=1S/C12H17ClN2O2S2/c1-3-4-5-6-8(2)11-14-9-7-10(13)18-12(9)19(16,17)15-11/h7-8H,3-6H2,1-2H3,(H,14,15). The summed E-state index contributed by atoms with van der Waals surface area (Å²) in [6, 6.07) is 1.65. The molecule has 1 unspecified atom stereocenters. The largest absolute Gasteiger partial charge is 0.341 e. The highest BCUT2D eigenvalue weighted by Crippen LogP contribution is 2.38. The summed E-state index contributed by atoms with van der Waals surface area (Å²) in [6.45, 7) is 4.14.